The highest BCUT2D eigenvalue weighted by atomic mass is 16.1. The minimum Gasteiger partial charge on any atom is -0.316 e. The topological polar surface area (TPSA) is 34.0 Å². The molecule has 0 radical (unpaired) electrons. The van der Waals surface area contributed by atoms with E-state index in [0.29, 0.717) is 5.92 Å². The van der Waals surface area contributed by atoms with Crippen LogP contribution >= 0.6 is 0 Å². The van der Waals surface area contributed by atoms with Crippen LogP contribution in [-0.2, 0) is 13.5 Å². The molecule has 1 N–H and O–H groups in total. The summed E-state index contributed by atoms with van der Waals surface area (Å²) in [5.74, 6) is 0.606. The van der Waals surface area contributed by atoms with Gasteiger partial charge in [-0.05, 0) is 55.8 Å². The second-order valence-corrected chi connectivity index (χ2v) is 5.61. The third-order valence-electron chi connectivity index (χ3n) is 4.18. The zero-order chi connectivity index (χ0) is 13.4. The molecule has 2 aromatic rings. The number of fused-ring (bicyclic) bond motifs is 1. The third-order valence-corrected chi connectivity index (χ3v) is 4.18. The Hall–Kier alpha value is -1.61. The van der Waals surface area contributed by atoms with Gasteiger partial charge in [-0.25, -0.2) is 0 Å². The van der Waals surface area contributed by atoms with E-state index in [0.717, 1.165) is 36.2 Å². The van der Waals surface area contributed by atoms with Crippen LogP contribution in [0.1, 0.15) is 17.5 Å². The number of nitrogens with one attached hydrogen (secondary N) is 1. The number of aromatic nitrogens is 1. The van der Waals surface area contributed by atoms with E-state index in [1.54, 1.807) is 0 Å². The lowest BCUT2D eigenvalue weighted by Gasteiger charge is -2.13. The van der Waals surface area contributed by atoms with Crippen molar-refractivity contribution in [3.63, 3.8) is 0 Å². The average Bonchev–Trinajstić information content (AvgIpc) is 2.88. The van der Waals surface area contributed by atoms with Gasteiger partial charge in [0.05, 0.1) is 5.52 Å². The van der Waals surface area contributed by atoms with Crippen LogP contribution in [0.2, 0.25) is 0 Å². The number of benzene rings is 1. The number of nitrogens with zero attached hydrogens (tertiary/aromatic N) is 1. The molecule has 1 atom stereocenters. The second-order valence-electron chi connectivity index (χ2n) is 5.61. The molecule has 3 nitrogen and oxygen atoms in total. The van der Waals surface area contributed by atoms with E-state index in [9.17, 15) is 4.79 Å². The summed E-state index contributed by atoms with van der Waals surface area (Å²) >= 11 is 0. The van der Waals surface area contributed by atoms with Gasteiger partial charge in [-0.15, -0.1) is 0 Å². The van der Waals surface area contributed by atoms with E-state index >= 15 is 0 Å². The molecule has 0 aliphatic carbocycles. The first-order valence-electron chi connectivity index (χ1n) is 6.96. The highest BCUT2D eigenvalue weighted by Gasteiger charge is 2.17. The maximum Gasteiger partial charge on any atom is 0.253 e. The summed E-state index contributed by atoms with van der Waals surface area (Å²) in [6.45, 7) is 4.18. The van der Waals surface area contributed by atoms with Gasteiger partial charge in [0, 0.05) is 12.6 Å². The predicted octanol–water partition coefficient (Wildman–Crippen LogP) is 2.00. The van der Waals surface area contributed by atoms with Crippen molar-refractivity contribution in [3.05, 3.63) is 45.7 Å². The van der Waals surface area contributed by atoms with Gasteiger partial charge in [-0.1, -0.05) is 18.2 Å². The van der Waals surface area contributed by atoms with Gasteiger partial charge in [-0.3, -0.25) is 4.79 Å². The van der Waals surface area contributed by atoms with Crippen molar-refractivity contribution < 1.29 is 0 Å². The quantitative estimate of drug-likeness (QED) is 0.891. The molecule has 19 heavy (non-hydrogen) atoms. The zero-order valence-corrected chi connectivity index (χ0v) is 11.6. The van der Waals surface area contributed by atoms with E-state index < -0.39 is 0 Å². The molecule has 1 unspecified atom stereocenters. The monoisotopic (exact) mass is 256 g/mol. The van der Waals surface area contributed by atoms with Crippen LogP contribution < -0.4 is 10.9 Å². The van der Waals surface area contributed by atoms with Crippen molar-refractivity contribution in [1.29, 1.82) is 0 Å². The first-order valence-corrected chi connectivity index (χ1v) is 6.96. The Kier molecular flexibility index (Phi) is 3.15. The van der Waals surface area contributed by atoms with Crippen molar-refractivity contribution in [1.82, 2.24) is 9.88 Å². The molecule has 2 heterocycles. The van der Waals surface area contributed by atoms with Gasteiger partial charge in [0.2, 0.25) is 0 Å². The molecule has 1 aromatic heterocycles. The summed E-state index contributed by atoms with van der Waals surface area (Å²) in [7, 11) is 1.88. The zero-order valence-electron chi connectivity index (χ0n) is 11.6. The van der Waals surface area contributed by atoms with Gasteiger partial charge < -0.3 is 9.88 Å². The van der Waals surface area contributed by atoms with Crippen LogP contribution in [0.4, 0.5) is 0 Å². The molecule has 0 amide bonds. The highest BCUT2D eigenvalue weighted by molar-refractivity contribution is 5.82. The number of rotatable bonds is 2. The Morgan fingerprint density at radius 3 is 3.00 bits per heavy atom. The highest BCUT2D eigenvalue weighted by Crippen LogP contribution is 2.19. The summed E-state index contributed by atoms with van der Waals surface area (Å²) in [4.78, 5) is 12.5. The average molecular weight is 256 g/mol. The van der Waals surface area contributed by atoms with Crippen molar-refractivity contribution in [2.24, 2.45) is 13.0 Å². The van der Waals surface area contributed by atoms with Gasteiger partial charge in [0.1, 0.15) is 0 Å². The van der Waals surface area contributed by atoms with Crippen LogP contribution in [0.15, 0.2) is 29.1 Å². The summed E-state index contributed by atoms with van der Waals surface area (Å²) in [6, 6.07) is 8.30. The fourth-order valence-electron chi connectivity index (χ4n) is 3.17. The molecule has 0 saturated carbocycles. The Bertz CT molecular complexity index is 666. The first-order chi connectivity index (χ1) is 9.16. The van der Waals surface area contributed by atoms with Gasteiger partial charge in [0.15, 0.2) is 0 Å². The number of aryl methyl sites for hydroxylation is 2. The predicted molar refractivity (Wildman–Crippen MR) is 78.6 cm³/mol. The Balaban J connectivity index is 2.10. The Morgan fingerprint density at radius 1 is 1.42 bits per heavy atom. The number of para-hydroxylation sites is 1. The Morgan fingerprint density at radius 2 is 2.26 bits per heavy atom. The van der Waals surface area contributed by atoms with Gasteiger partial charge in [-0.2, -0.15) is 0 Å². The van der Waals surface area contributed by atoms with E-state index in [-0.39, 0.29) is 5.56 Å². The van der Waals surface area contributed by atoms with Crippen molar-refractivity contribution in [3.8, 4) is 0 Å². The Labute approximate surface area is 113 Å². The molecule has 0 spiro atoms. The molecular weight excluding hydrogens is 236 g/mol. The third kappa shape index (κ3) is 2.19. The fourth-order valence-corrected chi connectivity index (χ4v) is 3.17. The molecule has 3 rings (SSSR count). The van der Waals surface area contributed by atoms with Gasteiger partial charge >= 0.3 is 0 Å². The standard InChI is InChI=1S/C16H20N2O/c1-11-4-3-5-13-9-14(8-12-6-7-17-10-12)16(19)18(2)15(11)13/h3-5,9,12,17H,6-8,10H2,1-2H3. The molecule has 0 bridgehead atoms. The first kappa shape index (κ1) is 12.4. The molecule has 3 heteroatoms. The lowest BCUT2D eigenvalue weighted by atomic mass is 9.98. The lowest BCUT2D eigenvalue weighted by Crippen LogP contribution is -2.24. The van der Waals surface area contributed by atoms with E-state index in [1.807, 2.05) is 11.6 Å². The van der Waals surface area contributed by atoms with Crippen LogP contribution in [0.5, 0.6) is 0 Å². The molecule has 1 aliphatic rings. The SMILES string of the molecule is Cc1cccc2cc(CC3CCNC3)c(=O)n(C)c12. The minimum absolute atomic E-state index is 0.161. The molecule has 100 valence electrons. The van der Waals surface area contributed by atoms with Gasteiger partial charge in [0.25, 0.3) is 5.56 Å². The molecule has 1 aromatic carbocycles. The normalized spacial score (nSPS) is 19.2. The maximum atomic E-state index is 12.5. The van der Waals surface area contributed by atoms with E-state index in [1.165, 1.54) is 11.8 Å². The number of hydrogen-bond donors (Lipinski definition) is 1. The molecular formula is C16H20N2O. The van der Waals surface area contributed by atoms with Crippen molar-refractivity contribution >= 4 is 10.9 Å². The number of pyridine rings is 1. The van der Waals surface area contributed by atoms with Crippen LogP contribution in [0.25, 0.3) is 10.9 Å². The minimum atomic E-state index is 0.161. The van der Waals surface area contributed by atoms with Crippen molar-refractivity contribution in [2.75, 3.05) is 13.1 Å². The second kappa shape index (κ2) is 4.82. The molecule has 1 saturated heterocycles. The lowest BCUT2D eigenvalue weighted by molar-refractivity contribution is 0.575. The fraction of sp³-hybridized carbons (Fsp3) is 0.438. The van der Waals surface area contributed by atoms with E-state index in [4.69, 9.17) is 0 Å². The van der Waals surface area contributed by atoms with Crippen LogP contribution in [0.3, 0.4) is 0 Å². The van der Waals surface area contributed by atoms with Crippen LogP contribution in [0, 0.1) is 12.8 Å². The largest absolute Gasteiger partial charge is 0.316 e. The molecule has 1 fully saturated rings. The molecule has 1 aliphatic heterocycles. The smallest absolute Gasteiger partial charge is 0.253 e. The number of hydrogen-bond acceptors (Lipinski definition) is 2. The maximum absolute atomic E-state index is 12.5. The summed E-state index contributed by atoms with van der Waals surface area (Å²) < 4.78 is 1.81. The summed E-state index contributed by atoms with van der Waals surface area (Å²) in [5.41, 5.74) is 3.33. The summed E-state index contributed by atoms with van der Waals surface area (Å²) in [5, 5.41) is 4.53. The van der Waals surface area contributed by atoms with E-state index in [2.05, 4.69) is 36.5 Å². The summed E-state index contributed by atoms with van der Waals surface area (Å²) in [6.07, 6.45) is 2.07. The van der Waals surface area contributed by atoms with Crippen LogP contribution in [-0.4, -0.2) is 17.7 Å². The van der Waals surface area contributed by atoms with Crippen molar-refractivity contribution in [2.45, 2.75) is 19.8 Å².